The number of carbonyl (C=O) groups is 1. The highest BCUT2D eigenvalue weighted by Crippen LogP contribution is 2.32. The number of hydrogen-bond donors (Lipinski definition) is 2. The molecule has 24 heavy (non-hydrogen) atoms. The van der Waals surface area contributed by atoms with Crippen molar-refractivity contribution in [3.63, 3.8) is 0 Å². The predicted molar refractivity (Wildman–Crippen MR) is 103 cm³/mol. The van der Waals surface area contributed by atoms with Crippen molar-refractivity contribution >= 4 is 72.4 Å². The summed E-state index contributed by atoms with van der Waals surface area (Å²) in [5.41, 5.74) is 1.14. The Hall–Kier alpha value is -1.28. The maximum atomic E-state index is 11.6. The second kappa shape index (κ2) is 8.20. The van der Waals surface area contributed by atoms with Gasteiger partial charge in [-0.05, 0) is 23.2 Å². The summed E-state index contributed by atoms with van der Waals surface area (Å²) in [5.74, 6) is -1.12. The third kappa shape index (κ3) is 4.22. The van der Waals surface area contributed by atoms with Crippen molar-refractivity contribution in [2.45, 2.75) is 0 Å². The van der Waals surface area contributed by atoms with E-state index in [0.29, 0.717) is 16.2 Å². The van der Waals surface area contributed by atoms with Crippen LogP contribution in [0, 0.1) is 0 Å². The average Bonchev–Trinajstić information content (AvgIpc) is 2.51. The summed E-state index contributed by atoms with van der Waals surface area (Å²) in [6, 6.07) is 5.20. The Balaban J connectivity index is 2.68. The van der Waals surface area contributed by atoms with Crippen LogP contribution in [0.25, 0.3) is 0 Å². The van der Waals surface area contributed by atoms with E-state index in [9.17, 15) is 9.90 Å². The van der Waals surface area contributed by atoms with Crippen LogP contribution in [-0.4, -0.2) is 15.6 Å². The highest BCUT2D eigenvalue weighted by Gasteiger charge is 2.18. The predicted octanol–water partition coefficient (Wildman–Crippen LogP) is 5.30. The number of anilines is 2. The number of halogens is 4. The van der Waals surface area contributed by atoms with Gasteiger partial charge in [-0.25, -0.2) is 9.79 Å². The first kappa shape index (κ1) is 19.1. The molecule has 1 aromatic carbocycles. The van der Waals surface area contributed by atoms with Crippen LogP contribution in [0.5, 0.6) is 0 Å². The van der Waals surface area contributed by atoms with Gasteiger partial charge in [0.2, 0.25) is 0 Å². The molecule has 0 spiro atoms. The number of carboxylic acid groups (broad SMARTS) is 1. The van der Waals surface area contributed by atoms with Crippen molar-refractivity contribution in [3.05, 3.63) is 61.2 Å². The van der Waals surface area contributed by atoms with Crippen LogP contribution in [-0.2, 0) is 7.05 Å². The Morgan fingerprint density at radius 3 is 2.71 bits per heavy atom. The van der Waals surface area contributed by atoms with Crippen molar-refractivity contribution in [3.8, 4) is 0 Å². The minimum atomic E-state index is -1.12. The van der Waals surface area contributed by atoms with E-state index in [1.165, 1.54) is 17.0 Å². The Morgan fingerprint density at radius 1 is 1.42 bits per heavy atom. The molecule has 0 radical (unpaired) electrons. The lowest BCUT2D eigenvalue weighted by molar-refractivity contribution is 0.0697. The lowest BCUT2D eigenvalue weighted by Gasteiger charge is -2.15. The summed E-state index contributed by atoms with van der Waals surface area (Å²) in [6.45, 7) is 0. The zero-order valence-electron chi connectivity index (χ0n) is 12.2. The van der Waals surface area contributed by atoms with Gasteiger partial charge < -0.3 is 15.0 Å². The fourth-order valence-corrected chi connectivity index (χ4v) is 3.13. The van der Waals surface area contributed by atoms with E-state index < -0.39 is 5.97 Å². The van der Waals surface area contributed by atoms with Crippen molar-refractivity contribution in [1.29, 1.82) is 0 Å². The van der Waals surface area contributed by atoms with Gasteiger partial charge in [-0.15, -0.1) is 0 Å². The van der Waals surface area contributed by atoms with Crippen molar-refractivity contribution in [2.24, 2.45) is 12.0 Å². The van der Waals surface area contributed by atoms with E-state index in [1.54, 1.807) is 30.2 Å². The standard InChI is InChI=1S/C15H11Br2Cl2N3O2/c1-22-7-9(15(23)24)13(12(19)14(22)20-5-4-16)21-11-3-2-8(17)6-10(11)18/h2-7,21H,1H3,(H,23,24)/b5-4+,20-14?. The Bertz CT molecular complexity index is 895. The van der Waals surface area contributed by atoms with Crippen LogP contribution >= 0.6 is 55.1 Å². The number of aromatic nitrogens is 1. The highest BCUT2D eigenvalue weighted by atomic mass is 79.9. The van der Waals surface area contributed by atoms with E-state index in [-0.39, 0.29) is 16.3 Å². The normalized spacial score (nSPS) is 12.0. The quantitative estimate of drug-likeness (QED) is 0.604. The highest BCUT2D eigenvalue weighted by molar-refractivity contribution is 9.11. The summed E-state index contributed by atoms with van der Waals surface area (Å²) in [7, 11) is 1.66. The molecule has 5 nitrogen and oxygen atoms in total. The van der Waals surface area contributed by atoms with Gasteiger partial charge in [-0.2, -0.15) is 0 Å². The largest absolute Gasteiger partial charge is 0.478 e. The lowest BCUT2D eigenvalue weighted by atomic mass is 10.2. The van der Waals surface area contributed by atoms with Gasteiger partial charge in [0.1, 0.15) is 10.6 Å². The fraction of sp³-hybridized carbons (Fsp3) is 0.0667. The van der Waals surface area contributed by atoms with E-state index >= 15 is 0 Å². The molecule has 0 aliphatic heterocycles. The maximum Gasteiger partial charge on any atom is 0.339 e. The van der Waals surface area contributed by atoms with Gasteiger partial charge in [-0.1, -0.05) is 55.1 Å². The Kier molecular flexibility index (Phi) is 6.51. The number of hydrogen-bond acceptors (Lipinski definition) is 3. The summed E-state index contributed by atoms with van der Waals surface area (Å²) in [4.78, 5) is 17.3. The maximum absolute atomic E-state index is 11.6. The number of aromatic carboxylic acids is 1. The summed E-state index contributed by atoms with van der Waals surface area (Å²) in [6.07, 6.45) is 2.93. The van der Waals surface area contributed by atoms with Gasteiger partial charge in [0.15, 0.2) is 5.49 Å². The SMILES string of the molecule is Cn1cc(C(=O)O)c(Nc2ccc(Br)cc2Cl)c(Cl)c1=N/C=C/Br. The first-order valence-corrected chi connectivity index (χ1v) is 8.95. The molecule has 0 atom stereocenters. The summed E-state index contributed by atoms with van der Waals surface area (Å²) >= 11 is 19.0. The van der Waals surface area contributed by atoms with Gasteiger partial charge in [0.25, 0.3) is 0 Å². The zero-order chi connectivity index (χ0) is 17.9. The molecule has 126 valence electrons. The number of nitrogens with zero attached hydrogens (tertiary/aromatic N) is 2. The molecule has 0 fully saturated rings. The van der Waals surface area contributed by atoms with E-state index in [2.05, 4.69) is 42.2 Å². The number of pyridine rings is 1. The first-order valence-electron chi connectivity index (χ1n) is 6.48. The van der Waals surface area contributed by atoms with Crippen LogP contribution < -0.4 is 10.8 Å². The molecule has 0 aliphatic carbocycles. The molecule has 0 saturated heterocycles. The zero-order valence-corrected chi connectivity index (χ0v) is 16.9. The van der Waals surface area contributed by atoms with Crippen LogP contribution in [0.4, 0.5) is 11.4 Å². The molecule has 0 saturated carbocycles. The van der Waals surface area contributed by atoms with Crippen LogP contribution in [0.2, 0.25) is 10.0 Å². The molecule has 9 heteroatoms. The molecular weight excluding hydrogens is 485 g/mol. The summed E-state index contributed by atoms with van der Waals surface area (Å²) in [5, 5.41) is 13.0. The van der Waals surface area contributed by atoms with Gasteiger partial charge in [0.05, 0.1) is 16.4 Å². The fourth-order valence-electron chi connectivity index (χ4n) is 1.96. The molecule has 1 aromatic heterocycles. The molecule has 0 aliphatic rings. The monoisotopic (exact) mass is 493 g/mol. The minimum absolute atomic E-state index is 0.00302. The van der Waals surface area contributed by atoms with Crippen molar-refractivity contribution < 1.29 is 9.90 Å². The van der Waals surface area contributed by atoms with Gasteiger partial charge >= 0.3 is 5.97 Å². The number of benzene rings is 1. The van der Waals surface area contributed by atoms with Crippen molar-refractivity contribution in [2.75, 3.05) is 5.32 Å². The molecule has 2 aromatic rings. The van der Waals surface area contributed by atoms with Gasteiger partial charge in [0, 0.05) is 23.9 Å². The number of aryl methyl sites for hydroxylation is 1. The molecule has 0 amide bonds. The number of rotatable bonds is 4. The average molecular weight is 496 g/mol. The third-order valence-electron chi connectivity index (χ3n) is 3.02. The second-order valence-electron chi connectivity index (χ2n) is 4.62. The molecule has 1 heterocycles. The van der Waals surface area contributed by atoms with E-state index in [0.717, 1.165) is 4.47 Å². The van der Waals surface area contributed by atoms with Crippen LogP contribution in [0.3, 0.4) is 0 Å². The molecule has 2 N–H and O–H groups in total. The Labute approximate surface area is 164 Å². The van der Waals surface area contributed by atoms with E-state index in [4.69, 9.17) is 23.2 Å². The van der Waals surface area contributed by atoms with E-state index in [1.807, 2.05) is 0 Å². The topological polar surface area (TPSA) is 66.6 Å². The number of nitrogens with one attached hydrogen (secondary N) is 1. The van der Waals surface area contributed by atoms with Crippen LogP contribution in [0.1, 0.15) is 10.4 Å². The smallest absolute Gasteiger partial charge is 0.339 e. The minimum Gasteiger partial charge on any atom is -0.478 e. The second-order valence-corrected chi connectivity index (χ2v) is 6.85. The van der Waals surface area contributed by atoms with Crippen molar-refractivity contribution in [1.82, 2.24) is 4.57 Å². The molecule has 0 bridgehead atoms. The molecule has 2 rings (SSSR count). The third-order valence-corrected chi connectivity index (χ3v) is 4.42. The molecular formula is C15H11Br2Cl2N3O2. The summed E-state index contributed by atoms with van der Waals surface area (Å²) < 4.78 is 2.34. The lowest BCUT2D eigenvalue weighted by Crippen LogP contribution is -2.22. The molecule has 0 unspecified atom stereocenters. The van der Waals surface area contributed by atoms with Gasteiger partial charge in [-0.3, -0.25) is 0 Å². The first-order chi connectivity index (χ1) is 11.3. The number of carboxylic acids is 1. The Morgan fingerprint density at radius 2 is 2.12 bits per heavy atom. The van der Waals surface area contributed by atoms with Crippen LogP contribution in [0.15, 0.2) is 45.0 Å².